The van der Waals surface area contributed by atoms with Gasteiger partial charge in [0.1, 0.15) is 18.5 Å². The topological polar surface area (TPSA) is 75.9 Å². The average Bonchev–Trinajstić information content (AvgIpc) is 3.29. The highest BCUT2D eigenvalue weighted by molar-refractivity contribution is 5.99. The molecule has 2 aromatic heterocycles. The summed E-state index contributed by atoms with van der Waals surface area (Å²) in [5, 5.41) is 7.23. The molecule has 0 saturated carbocycles. The van der Waals surface area contributed by atoms with E-state index in [-0.39, 0.29) is 11.9 Å². The van der Waals surface area contributed by atoms with Gasteiger partial charge in [-0.3, -0.25) is 4.79 Å². The number of benzene rings is 1. The molecule has 3 heterocycles. The molecule has 0 radical (unpaired) electrons. The van der Waals surface area contributed by atoms with Crippen LogP contribution in [0.2, 0.25) is 0 Å². The smallest absolute Gasteiger partial charge is 0.255 e. The third-order valence-electron chi connectivity index (χ3n) is 5.11. The van der Waals surface area contributed by atoms with Gasteiger partial charge in [-0.25, -0.2) is 14.6 Å². The summed E-state index contributed by atoms with van der Waals surface area (Å²) in [6.07, 6.45) is 8.45. The van der Waals surface area contributed by atoms with Crippen molar-refractivity contribution in [1.29, 1.82) is 0 Å². The molecule has 28 heavy (non-hydrogen) atoms. The standard InChI is InChI=1S/C21H24N6O/c1-16(17-7-9-18(10-8-17)27-15-22-14-24-27)25-21(28)19-6-5-11-23-20(19)26-12-3-2-4-13-26/h5-11,14-16H,2-4,12-13H2,1H3,(H,25,28). The number of nitrogens with zero attached hydrogens (tertiary/aromatic N) is 5. The predicted molar refractivity (Wildman–Crippen MR) is 108 cm³/mol. The summed E-state index contributed by atoms with van der Waals surface area (Å²) < 4.78 is 1.70. The summed E-state index contributed by atoms with van der Waals surface area (Å²) >= 11 is 0. The molecule has 1 aliphatic heterocycles. The van der Waals surface area contributed by atoms with Gasteiger partial charge in [-0.05, 0) is 56.0 Å². The zero-order valence-electron chi connectivity index (χ0n) is 16.0. The molecule has 1 aliphatic rings. The lowest BCUT2D eigenvalue weighted by Crippen LogP contribution is -2.34. The fraction of sp³-hybridized carbons (Fsp3) is 0.333. The van der Waals surface area contributed by atoms with E-state index in [4.69, 9.17) is 0 Å². The van der Waals surface area contributed by atoms with Crippen LogP contribution in [0.25, 0.3) is 5.69 Å². The molecule has 0 spiro atoms. The van der Waals surface area contributed by atoms with Gasteiger partial charge in [0.15, 0.2) is 0 Å². The van der Waals surface area contributed by atoms with Crippen molar-refractivity contribution in [1.82, 2.24) is 25.1 Å². The first kappa shape index (κ1) is 18.2. The van der Waals surface area contributed by atoms with Crippen LogP contribution in [0.15, 0.2) is 55.2 Å². The van der Waals surface area contributed by atoms with Gasteiger partial charge in [-0.15, -0.1) is 0 Å². The number of rotatable bonds is 5. The number of aromatic nitrogens is 4. The normalized spacial score (nSPS) is 15.2. The fourth-order valence-electron chi connectivity index (χ4n) is 3.55. The maximum absolute atomic E-state index is 12.9. The second kappa shape index (κ2) is 8.21. The lowest BCUT2D eigenvalue weighted by atomic mass is 10.1. The number of nitrogens with one attached hydrogen (secondary N) is 1. The maximum Gasteiger partial charge on any atom is 0.255 e. The van der Waals surface area contributed by atoms with Crippen LogP contribution in [0, 0.1) is 0 Å². The van der Waals surface area contributed by atoms with E-state index in [1.165, 1.54) is 12.7 Å². The molecule has 144 valence electrons. The molecule has 4 rings (SSSR count). The largest absolute Gasteiger partial charge is 0.356 e. The SMILES string of the molecule is CC(NC(=O)c1cccnc1N1CCCCC1)c1ccc(-n2cncn2)cc1. The van der Waals surface area contributed by atoms with Gasteiger partial charge in [0.25, 0.3) is 5.91 Å². The Morgan fingerprint density at radius 3 is 2.61 bits per heavy atom. The maximum atomic E-state index is 12.9. The van der Waals surface area contributed by atoms with Crippen LogP contribution < -0.4 is 10.2 Å². The van der Waals surface area contributed by atoms with E-state index < -0.39 is 0 Å². The minimum absolute atomic E-state index is 0.0958. The van der Waals surface area contributed by atoms with Gasteiger partial charge >= 0.3 is 0 Å². The summed E-state index contributed by atoms with van der Waals surface area (Å²) in [4.78, 5) is 23.6. The summed E-state index contributed by atoms with van der Waals surface area (Å²) in [6, 6.07) is 11.5. The monoisotopic (exact) mass is 376 g/mol. The van der Waals surface area contributed by atoms with E-state index >= 15 is 0 Å². The predicted octanol–water partition coefficient (Wildman–Crippen LogP) is 3.14. The molecule has 7 nitrogen and oxygen atoms in total. The Morgan fingerprint density at radius 2 is 1.89 bits per heavy atom. The second-order valence-electron chi connectivity index (χ2n) is 7.05. The van der Waals surface area contributed by atoms with Crippen molar-refractivity contribution < 1.29 is 4.79 Å². The van der Waals surface area contributed by atoms with Crippen LogP contribution >= 0.6 is 0 Å². The van der Waals surface area contributed by atoms with Crippen LogP contribution in [0.5, 0.6) is 0 Å². The third kappa shape index (κ3) is 3.88. The fourth-order valence-corrected chi connectivity index (χ4v) is 3.55. The number of carbonyl (C=O) groups excluding carboxylic acids is 1. The first-order chi connectivity index (χ1) is 13.7. The first-order valence-electron chi connectivity index (χ1n) is 9.68. The van der Waals surface area contributed by atoms with Crippen molar-refractivity contribution in [3.8, 4) is 5.69 Å². The van der Waals surface area contributed by atoms with Gasteiger partial charge in [-0.1, -0.05) is 12.1 Å². The number of anilines is 1. The molecule has 1 atom stereocenters. The van der Waals surface area contributed by atoms with E-state index in [0.717, 1.165) is 43.0 Å². The quantitative estimate of drug-likeness (QED) is 0.740. The molecule has 1 fully saturated rings. The molecule has 1 saturated heterocycles. The van der Waals surface area contributed by atoms with Crippen LogP contribution in [0.4, 0.5) is 5.82 Å². The number of carbonyl (C=O) groups is 1. The molecule has 1 unspecified atom stereocenters. The van der Waals surface area contributed by atoms with Gasteiger partial charge in [0.2, 0.25) is 0 Å². The molecule has 0 bridgehead atoms. The molecule has 1 aromatic carbocycles. The Kier molecular flexibility index (Phi) is 5.32. The number of hydrogen-bond donors (Lipinski definition) is 1. The summed E-state index contributed by atoms with van der Waals surface area (Å²) in [7, 11) is 0. The Morgan fingerprint density at radius 1 is 1.11 bits per heavy atom. The van der Waals surface area contributed by atoms with E-state index in [1.54, 1.807) is 17.2 Å². The summed E-state index contributed by atoms with van der Waals surface area (Å²) in [6.45, 7) is 3.90. The molecule has 3 aromatic rings. The lowest BCUT2D eigenvalue weighted by Gasteiger charge is -2.29. The molecule has 1 amide bonds. The highest BCUT2D eigenvalue weighted by atomic mass is 16.1. The van der Waals surface area contributed by atoms with Crippen LogP contribution in [0.1, 0.15) is 48.1 Å². The minimum Gasteiger partial charge on any atom is -0.356 e. The zero-order chi connectivity index (χ0) is 19.3. The van der Waals surface area contributed by atoms with Crippen LogP contribution in [-0.4, -0.2) is 38.7 Å². The minimum atomic E-state index is -0.119. The zero-order valence-corrected chi connectivity index (χ0v) is 16.0. The van der Waals surface area contributed by atoms with Crippen molar-refractivity contribution in [3.05, 3.63) is 66.4 Å². The summed E-state index contributed by atoms with van der Waals surface area (Å²) in [5.41, 5.74) is 2.59. The van der Waals surface area contributed by atoms with Crippen molar-refractivity contribution in [2.75, 3.05) is 18.0 Å². The van der Waals surface area contributed by atoms with Gasteiger partial charge in [0, 0.05) is 19.3 Å². The molecular weight excluding hydrogens is 352 g/mol. The highest BCUT2D eigenvalue weighted by Gasteiger charge is 2.21. The van der Waals surface area contributed by atoms with Gasteiger partial charge < -0.3 is 10.2 Å². The van der Waals surface area contributed by atoms with E-state index in [2.05, 4.69) is 25.3 Å². The van der Waals surface area contributed by atoms with E-state index in [9.17, 15) is 4.79 Å². The highest BCUT2D eigenvalue weighted by Crippen LogP contribution is 2.23. The Hall–Kier alpha value is -3.22. The van der Waals surface area contributed by atoms with Gasteiger partial charge in [0.05, 0.1) is 17.3 Å². The van der Waals surface area contributed by atoms with E-state index in [1.807, 2.05) is 43.3 Å². The molecule has 1 N–H and O–H groups in total. The van der Waals surface area contributed by atoms with Crippen molar-refractivity contribution >= 4 is 11.7 Å². The first-order valence-corrected chi connectivity index (χ1v) is 9.68. The summed E-state index contributed by atoms with van der Waals surface area (Å²) in [5.74, 6) is 0.690. The third-order valence-corrected chi connectivity index (χ3v) is 5.11. The number of pyridine rings is 1. The van der Waals surface area contributed by atoms with Crippen LogP contribution in [0.3, 0.4) is 0 Å². The average molecular weight is 376 g/mol. The Balaban J connectivity index is 1.47. The second-order valence-corrected chi connectivity index (χ2v) is 7.05. The van der Waals surface area contributed by atoms with Crippen molar-refractivity contribution in [2.45, 2.75) is 32.2 Å². The number of piperidine rings is 1. The van der Waals surface area contributed by atoms with Gasteiger partial charge in [-0.2, -0.15) is 5.10 Å². The molecule has 0 aliphatic carbocycles. The van der Waals surface area contributed by atoms with Crippen molar-refractivity contribution in [2.24, 2.45) is 0 Å². The Labute approximate surface area is 164 Å². The van der Waals surface area contributed by atoms with Crippen molar-refractivity contribution in [3.63, 3.8) is 0 Å². The number of hydrogen-bond acceptors (Lipinski definition) is 5. The molecule has 7 heteroatoms. The molecular formula is C21H24N6O. The van der Waals surface area contributed by atoms with E-state index in [0.29, 0.717) is 5.56 Å². The van der Waals surface area contributed by atoms with Crippen LogP contribution in [-0.2, 0) is 0 Å². The number of amides is 1. The lowest BCUT2D eigenvalue weighted by molar-refractivity contribution is 0.0940. The Bertz CT molecular complexity index is 916.